The van der Waals surface area contributed by atoms with Crippen LogP contribution in [0.3, 0.4) is 0 Å². The lowest BCUT2D eigenvalue weighted by Gasteiger charge is -2.31. The Kier molecular flexibility index (Phi) is 7.06. The molecule has 0 aromatic heterocycles. The molecule has 0 N–H and O–H groups in total. The average Bonchev–Trinajstić information content (AvgIpc) is 2.71. The molecular weight excluding hydrogens is 392 g/mol. The Labute approximate surface area is 172 Å². The van der Waals surface area contributed by atoms with Crippen LogP contribution in [0.15, 0.2) is 46.2 Å². The second kappa shape index (κ2) is 9.35. The summed E-state index contributed by atoms with van der Waals surface area (Å²) in [5.74, 6) is -1.47. The first kappa shape index (κ1) is 21.9. The van der Waals surface area contributed by atoms with E-state index in [0.717, 1.165) is 61.1 Å². The van der Waals surface area contributed by atoms with Crippen molar-refractivity contribution in [1.82, 2.24) is 4.90 Å². The lowest BCUT2D eigenvalue weighted by molar-refractivity contribution is 0.185. The molecular formula is C23H29F2NO2S. The van der Waals surface area contributed by atoms with Gasteiger partial charge in [-0.05, 0) is 99.6 Å². The van der Waals surface area contributed by atoms with Crippen LogP contribution in [0.5, 0.6) is 0 Å². The number of aryl methyl sites for hydroxylation is 2. The van der Waals surface area contributed by atoms with Crippen molar-refractivity contribution in [3.05, 3.63) is 59.2 Å². The van der Waals surface area contributed by atoms with Gasteiger partial charge in [0.1, 0.15) is 0 Å². The Hall–Kier alpha value is -1.79. The van der Waals surface area contributed by atoms with E-state index in [9.17, 15) is 17.2 Å². The van der Waals surface area contributed by atoms with Crippen LogP contribution < -0.4 is 0 Å². The predicted molar refractivity (Wildman–Crippen MR) is 111 cm³/mol. The Bertz CT molecular complexity index is 951. The molecule has 29 heavy (non-hydrogen) atoms. The van der Waals surface area contributed by atoms with Crippen LogP contribution in [0, 0.1) is 24.5 Å². The van der Waals surface area contributed by atoms with Crippen molar-refractivity contribution in [3.8, 4) is 0 Å². The number of piperidine rings is 1. The van der Waals surface area contributed by atoms with Crippen LogP contribution in [0.25, 0.3) is 0 Å². The molecule has 1 heterocycles. The highest BCUT2D eigenvalue weighted by Gasteiger charge is 2.21. The number of halogens is 2. The summed E-state index contributed by atoms with van der Waals surface area (Å²) < 4.78 is 52.4. The highest BCUT2D eigenvalue weighted by atomic mass is 32.2. The number of nitrogens with zero attached hydrogens (tertiary/aromatic N) is 1. The second-order valence-electron chi connectivity index (χ2n) is 7.94. The zero-order valence-corrected chi connectivity index (χ0v) is 17.9. The fraction of sp³-hybridized carbons (Fsp3) is 0.478. The van der Waals surface area contributed by atoms with Gasteiger partial charge >= 0.3 is 0 Å². The molecule has 2 aromatic carbocycles. The summed E-state index contributed by atoms with van der Waals surface area (Å²) in [6, 6.07) is 7.72. The summed E-state index contributed by atoms with van der Waals surface area (Å²) >= 11 is 0. The molecule has 0 radical (unpaired) electrons. The molecule has 0 amide bonds. The summed E-state index contributed by atoms with van der Waals surface area (Å²) in [6.45, 7) is 7.63. The summed E-state index contributed by atoms with van der Waals surface area (Å²) in [7, 11) is -3.88. The summed E-state index contributed by atoms with van der Waals surface area (Å²) in [5.41, 5.74) is 2.05. The van der Waals surface area contributed by atoms with Crippen molar-refractivity contribution in [2.24, 2.45) is 5.92 Å². The number of hydrogen-bond acceptors (Lipinski definition) is 3. The molecule has 0 saturated carbocycles. The lowest BCUT2D eigenvalue weighted by atomic mass is 9.90. The minimum Gasteiger partial charge on any atom is -0.304 e. The van der Waals surface area contributed by atoms with Crippen molar-refractivity contribution in [1.29, 1.82) is 0 Å². The zero-order valence-electron chi connectivity index (χ0n) is 17.1. The van der Waals surface area contributed by atoms with Gasteiger partial charge in [0.05, 0.1) is 9.79 Å². The third kappa shape index (κ3) is 5.23. The SMILES string of the molecule is CCN1CCC(CCCc2cc(S(=O)(=O)c3ccc(F)c(F)c3)ccc2C)CC1. The number of rotatable bonds is 7. The third-order valence-corrected chi connectivity index (χ3v) is 7.79. The van der Waals surface area contributed by atoms with Crippen LogP contribution in [0.4, 0.5) is 8.78 Å². The fourth-order valence-electron chi connectivity index (χ4n) is 4.04. The maximum absolute atomic E-state index is 13.5. The van der Waals surface area contributed by atoms with Crippen LogP contribution in [-0.2, 0) is 16.3 Å². The normalized spacial score (nSPS) is 16.3. The molecule has 3 nitrogen and oxygen atoms in total. The van der Waals surface area contributed by atoms with Gasteiger partial charge in [-0.1, -0.05) is 19.4 Å². The minimum absolute atomic E-state index is 0.125. The molecule has 1 aliphatic heterocycles. The van der Waals surface area contributed by atoms with Crippen LogP contribution in [-0.4, -0.2) is 33.0 Å². The third-order valence-electron chi connectivity index (χ3n) is 6.05. The van der Waals surface area contributed by atoms with E-state index >= 15 is 0 Å². The van der Waals surface area contributed by atoms with E-state index in [1.165, 1.54) is 32.0 Å². The monoisotopic (exact) mass is 421 g/mol. The Morgan fingerprint density at radius 1 is 1.00 bits per heavy atom. The number of likely N-dealkylation sites (tertiary alicyclic amines) is 1. The average molecular weight is 422 g/mol. The fourth-order valence-corrected chi connectivity index (χ4v) is 5.36. The first-order valence-corrected chi connectivity index (χ1v) is 11.8. The van der Waals surface area contributed by atoms with Gasteiger partial charge in [0.15, 0.2) is 11.6 Å². The number of benzene rings is 2. The van der Waals surface area contributed by atoms with Gasteiger partial charge in [-0.25, -0.2) is 17.2 Å². The molecule has 0 unspecified atom stereocenters. The maximum Gasteiger partial charge on any atom is 0.206 e. The molecule has 0 bridgehead atoms. The summed E-state index contributed by atoms with van der Waals surface area (Å²) in [5, 5.41) is 0. The molecule has 0 atom stereocenters. The largest absolute Gasteiger partial charge is 0.304 e. The quantitative estimate of drug-likeness (QED) is 0.580. The molecule has 3 rings (SSSR count). The van der Waals surface area contributed by atoms with Gasteiger partial charge in [-0.15, -0.1) is 0 Å². The van der Waals surface area contributed by atoms with E-state index in [1.807, 2.05) is 6.92 Å². The minimum atomic E-state index is -3.88. The van der Waals surface area contributed by atoms with E-state index in [0.29, 0.717) is 0 Å². The molecule has 6 heteroatoms. The molecule has 0 spiro atoms. The highest BCUT2D eigenvalue weighted by molar-refractivity contribution is 7.91. The van der Waals surface area contributed by atoms with Gasteiger partial charge < -0.3 is 4.90 Å². The van der Waals surface area contributed by atoms with Crippen molar-refractivity contribution in [3.63, 3.8) is 0 Å². The zero-order chi connectivity index (χ0) is 21.0. The predicted octanol–water partition coefficient (Wildman–Crippen LogP) is 5.16. The smallest absolute Gasteiger partial charge is 0.206 e. The molecule has 0 aliphatic carbocycles. The number of hydrogen-bond donors (Lipinski definition) is 0. The summed E-state index contributed by atoms with van der Waals surface area (Å²) in [4.78, 5) is 2.38. The first-order valence-electron chi connectivity index (χ1n) is 10.3. The van der Waals surface area contributed by atoms with Crippen molar-refractivity contribution >= 4 is 9.84 Å². The van der Waals surface area contributed by atoms with Gasteiger partial charge in [-0.2, -0.15) is 0 Å². The first-order chi connectivity index (χ1) is 13.8. The molecule has 2 aromatic rings. The van der Waals surface area contributed by atoms with Crippen LogP contribution in [0.2, 0.25) is 0 Å². The van der Waals surface area contributed by atoms with Gasteiger partial charge in [0.2, 0.25) is 9.84 Å². The van der Waals surface area contributed by atoms with Gasteiger partial charge in [-0.3, -0.25) is 0 Å². The summed E-state index contributed by atoms with van der Waals surface area (Å²) in [6.07, 6.45) is 5.46. The molecule has 1 aliphatic rings. The second-order valence-corrected chi connectivity index (χ2v) is 9.89. The topological polar surface area (TPSA) is 37.4 Å². The number of sulfone groups is 1. The Balaban J connectivity index is 1.68. The van der Waals surface area contributed by atoms with E-state index < -0.39 is 21.5 Å². The van der Waals surface area contributed by atoms with Gasteiger partial charge in [0.25, 0.3) is 0 Å². The van der Waals surface area contributed by atoms with Crippen molar-refractivity contribution in [2.75, 3.05) is 19.6 Å². The van der Waals surface area contributed by atoms with E-state index in [-0.39, 0.29) is 9.79 Å². The standard InChI is InChI=1S/C23H29F2NO2S/c1-3-26-13-11-18(12-14-26)5-4-6-19-15-20(8-7-17(19)2)29(27,28)21-9-10-22(24)23(25)16-21/h7-10,15-16,18H,3-6,11-14H2,1-2H3. The van der Waals surface area contributed by atoms with Crippen LogP contribution >= 0.6 is 0 Å². The Morgan fingerprint density at radius 3 is 2.31 bits per heavy atom. The van der Waals surface area contributed by atoms with Crippen molar-refractivity contribution in [2.45, 2.75) is 55.7 Å². The van der Waals surface area contributed by atoms with E-state index in [1.54, 1.807) is 12.1 Å². The van der Waals surface area contributed by atoms with Gasteiger partial charge in [0, 0.05) is 0 Å². The highest BCUT2D eigenvalue weighted by Crippen LogP contribution is 2.27. The molecule has 1 fully saturated rings. The van der Waals surface area contributed by atoms with E-state index in [2.05, 4.69) is 11.8 Å². The maximum atomic E-state index is 13.5. The lowest BCUT2D eigenvalue weighted by Crippen LogP contribution is -2.33. The Morgan fingerprint density at radius 2 is 1.66 bits per heavy atom. The molecule has 1 saturated heterocycles. The van der Waals surface area contributed by atoms with Crippen LogP contribution in [0.1, 0.15) is 43.7 Å². The van der Waals surface area contributed by atoms with E-state index in [4.69, 9.17) is 0 Å². The van der Waals surface area contributed by atoms with Crippen molar-refractivity contribution < 1.29 is 17.2 Å². The molecule has 158 valence electrons.